The van der Waals surface area contributed by atoms with Gasteiger partial charge in [-0.1, -0.05) is 61.4 Å². The Hall–Kier alpha value is -3.35. The van der Waals surface area contributed by atoms with Gasteiger partial charge in [0.1, 0.15) is 24.4 Å². The number of urea groups is 1. The van der Waals surface area contributed by atoms with Gasteiger partial charge < -0.3 is 15.4 Å². The van der Waals surface area contributed by atoms with Gasteiger partial charge in [0, 0.05) is 0 Å². The molecule has 7 nitrogen and oxygen atoms in total. The highest BCUT2D eigenvalue weighted by atomic mass is 16.5. The molecule has 1 fully saturated rings. The van der Waals surface area contributed by atoms with E-state index in [1.807, 2.05) is 69.3 Å². The molecule has 0 spiro atoms. The summed E-state index contributed by atoms with van der Waals surface area (Å²) in [6, 6.07) is 14.5. The minimum absolute atomic E-state index is 0.272. The Morgan fingerprint density at radius 3 is 2.55 bits per heavy atom. The quantitative estimate of drug-likeness (QED) is 0.479. The molecule has 0 aromatic heterocycles. The lowest BCUT2D eigenvalue weighted by molar-refractivity contribution is -0.135. The summed E-state index contributed by atoms with van der Waals surface area (Å²) in [5.41, 5.74) is 1.78. The molecule has 2 N–H and O–H groups in total. The predicted octanol–water partition coefficient (Wildman–Crippen LogP) is 3.05. The van der Waals surface area contributed by atoms with Gasteiger partial charge in [-0.15, -0.1) is 0 Å². The molecule has 1 heterocycles. The molecule has 3 rings (SSSR count). The fourth-order valence-corrected chi connectivity index (χ4v) is 3.89. The lowest BCUT2D eigenvalue weighted by Gasteiger charge is -2.26. The van der Waals surface area contributed by atoms with Crippen LogP contribution in [0.25, 0.3) is 0 Å². The summed E-state index contributed by atoms with van der Waals surface area (Å²) in [4.78, 5) is 39.1. The number of imide groups is 1. The van der Waals surface area contributed by atoms with Gasteiger partial charge in [-0.3, -0.25) is 14.5 Å². The first-order valence-corrected chi connectivity index (χ1v) is 10.5. The third-order valence-electron chi connectivity index (χ3n) is 5.38. The van der Waals surface area contributed by atoms with Crippen LogP contribution in [0.5, 0.6) is 5.75 Å². The number of nitrogens with one attached hydrogen (secondary N) is 2. The van der Waals surface area contributed by atoms with Crippen molar-refractivity contribution in [2.24, 2.45) is 0 Å². The van der Waals surface area contributed by atoms with Crippen molar-refractivity contribution in [1.82, 2.24) is 15.5 Å². The third-order valence-corrected chi connectivity index (χ3v) is 5.38. The van der Waals surface area contributed by atoms with Gasteiger partial charge >= 0.3 is 6.03 Å². The maximum atomic E-state index is 13.2. The maximum absolute atomic E-state index is 13.2. The van der Waals surface area contributed by atoms with E-state index >= 15 is 0 Å². The molecule has 0 bridgehead atoms. The summed E-state index contributed by atoms with van der Waals surface area (Å²) in [6.45, 7) is 6.17. The number of nitrogens with zero attached hydrogens (tertiary/aromatic N) is 1. The molecular weight excluding hydrogens is 394 g/mol. The van der Waals surface area contributed by atoms with Crippen LogP contribution in [-0.4, -0.2) is 42.4 Å². The van der Waals surface area contributed by atoms with Crippen molar-refractivity contribution >= 4 is 17.8 Å². The van der Waals surface area contributed by atoms with Crippen molar-refractivity contribution in [3.05, 3.63) is 65.2 Å². The first kappa shape index (κ1) is 22.3. The van der Waals surface area contributed by atoms with E-state index in [2.05, 4.69) is 10.6 Å². The molecule has 0 radical (unpaired) electrons. The average Bonchev–Trinajstić information content (AvgIpc) is 2.98. The monoisotopic (exact) mass is 423 g/mol. The third kappa shape index (κ3) is 4.87. The minimum Gasteiger partial charge on any atom is -0.491 e. The molecule has 2 aromatic rings. The summed E-state index contributed by atoms with van der Waals surface area (Å²) in [7, 11) is 0. The highest BCUT2D eigenvalue weighted by Crippen LogP contribution is 2.33. The van der Waals surface area contributed by atoms with Crippen LogP contribution >= 0.6 is 0 Å². The molecule has 0 saturated carbocycles. The van der Waals surface area contributed by atoms with E-state index in [1.54, 1.807) is 0 Å². The molecule has 31 heavy (non-hydrogen) atoms. The second kappa shape index (κ2) is 9.64. The minimum atomic E-state index is -1.13. The SMILES string of the molecule is CCC[C@@]1(c2ccccc2)NC(=O)N(CC(=O)NCCOc2ccc(C)cc2C)C1=O. The normalized spacial score (nSPS) is 18.1. The summed E-state index contributed by atoms with van der Waals surface area (Å²) in [5, 5.41) is 5.54. The fourth-order valence-electron chi connectivity index (χ4n) is 3.89. The Bertz CT molecular complexity index is 961. The summed E-state index contributed by atoms with van der Waals surface area (Å²) < 4.78 is 5.70. The van der Waals surface area contributed by atoms with E-state index in [-0.39, 0.29) is 13.1 Å². The Kier molecular flexibility index (Phi) is 6.95. The number of carbonyl (C=O) groups is 3. The predicted molar refractivity (Wildman–Crippen MR) is 118 cm³/mol. The smallest absolute Gasteiger partial charge is 0.325 e. The van der Waals surface area contributed by atoms with Crippen LogP contribution in [0.2, 0.25) is 0 Å². The summed E-state index contributed by atoms with van der Waals surface area (Å²) in [5.74, 6) is -0.0403. The first-order chi connectivity index (χ1) is 14.9. The highest BCUT2D eigenvalue weighted by Gasteiger charge is 2.52. The highest BCUT2D eigenvalue weighted by molar-refractivity contribution is 6.09. The number of ether oxygens (including phenoxy) is 1. The van der Waals surface area contributed by atoms with Crippen LogP contribution in [0, 0.1) is 13.8 Å². The van der Waals surface area contributed by atoms with Crippen LogP contribution in [0.1, 0.15) is 36.5 Å². The number of benzene rings is 2. The Balaban J connectivity index is 1.57. The molecule has 0 unspecified atom stereocenters. The molecule has 1 aliphatic heterocycles. The number of hydrogen-bond acceptors (Lipinski definition) is 4. The van der Waals surface area contributed by atoms with E-state index < -0.39 is 23.4 Å². The van der Waals surface area contributed by atoms with Gasteiger partial charge in [0.05, 0.1) is 6.54 Å². The van der Waals surface area contributed by atoms with Gasteiger partial charge in [-0.05, 0) is 37.5 Å². The number of hydrogen-bond donors (Lipinski definition) is 2. The number of rotatable bonds is 9. The van der Waals surface area contributed by atoms with Crippen LogP contribution in [0.4, 0.5) is 4.79 Å². The fraction of sp³-hybridized carbons (Fsp3) is 0.375. The van der Waals surface area contributed by atoms with Crippen LogP contribution in [0.15, 0.2) is 48.5 Å². The van der Waals surface area contributed by atoms with Crippen molar-refractivity contribution in [2.75, 3.05) is 19.7 Å². The molecule has 0 aliphatic carbocycles. The maximum Gasteiger partial charge on any atom is 0.325 e. The van der Waals surface area contributed by atoms with Crippen molar-refractivity contribution in [2.45, 2.75) is 39.2 Å². The van der Waals surface area contributed by atoms with E-state index in [4.69, 9.17) is 4.74 Å². The lowest BCUT2D eigenvalue weighted by Crippen LogP contribution is -2.45. The molecule has 1 aliphatic rings. The van der Waals surface area contributed by atoms with Crippen molar-refractivity contribution in [3.63, 3.8) is 0 Å². The summed E-state index contributed by atoms with van der Waals surface area (Å²) >= 11 is 0. The zero-order valence-electron chi connectivity index (χ0n) is 18.2. The molecule has 1 atom stereocenters. The lowest BCUT2D eigenvalue weighted by atomic mass is 9.85. The van der Waals surface area contributed by atoms with Crippen LogP contribution < -0.4 is 15.4 Å². The second-order valence-electron chi connectivity index (χ2n) is 7.81. The van der Waals surface area contributed by atoms with E-state index in [9.17, 15) is 14.4 Å². The van der Waals surface area contributed by atoms with Gasteiger partial charge in [0.2, 0.25) is 5.91 Å². The number of carbonyl (C=O) groups excluding carboxylic acids is 3. The Morgan fingerprint density at radius 1 is 1.13 bits per heavy atom. The Morgan fingerprint density at radius 2 is 1.87 bits per heavy atom. The first-order valence-electron chi connectivity index (χ1n) is 10.5. The molecule has 164 valence electrons. The zero-order chi connectivity index (χ0) is 22.4. The van der Waals surface area contributed by atoms with Crippen molar-refractivity contribution in [1.29, 1.82) is 0 Å². The number of amides is 4. The van der Waals surface area contributed by atoms with Gasteiger partial charge in [-0.2, -0.15) is 0 Å². The topological polar surface area (TPSA) is 87.7 Å². The Labute approximate surface area is 182 Å². The second-order valence-corrected chi connectivity index (χ2v) is 7.81. The number of aryl methyl sites for hydroxylation is 2. The van der Waals surface area contributed by atoms with E-state index in [0.29, 0.717) is 19.4 Å². The van der Waals surface area contributed by atoms with Crippen LogP contribution in [-0.2, 0) is 15.1 Å². The van der Waals surface area contributed by atoms with Gasteiger partial charge in [-0.25, -0.2) is 4.79 Å². The van der Waals surface area contributed by atoms with E-state index in [0.717, 1.165) is 27.3 Å². The largest absolute Gasteiger partial charge is 0.491 e. The zero-order valence-corrected chi connectivity index (χ0v) is 18.2. The molecular formula is C24H29N3O4. The molecule has 7 heteroatoms. The van der Waals surface area contributed by atoms with E-state index in [1.165, 1.54) is 0 Å². The van der Waals surface area contributed by atoms with Crippen molar-refractivity contribution < 1.29 is 19.1 Å². The average molecular weight is 424 g/mol. The van der Waals surface area contributed by atoms with Crippen LogP contribution in [0.3, 0.4) is 0 Å². The van der Waals surface area contributed by atoms with Gasteiger partial charge in [0.25, 0.3) is 5.91 Å². The molecule has 1 saturated heterocycles. The summed E-state index contributed by atoms with van der Waals surface area (Å²) in [6.07, 6.45) is 1.17. The molecule has 2 aromatic carbocycles. The van der Waals surface area contributed by atoms with Crippen molar-refractivity contribution in [3.8, 4) is 5.75 Å². The molecule has 4 amide bonds. The standard InChI is InChI=1S/C24H29N3O4/c1-4-12-24(19-8-6-5-7-9-19)22(29)27(23(30)26-24)16-21(28)25-13-14-31-20-11-10-17(2)15-18(20)3/h5-11,15H,4,12-14,16H2,1-3H3,(H,25,28)(H,26,30)/t24-/m0/s1. The van der Waals surface area contributed by atoms with Gasteiger partial charge in [0.15, 0.2) is 0 Å².